The second kappa shape index (κ2) is 7.81. The molecule has 0 spiro atoms. The first kappa shape index (κ1) is 17.6. The van der Waals surface area contributed by atoms with E-state index in [9.17, 15) is 9.18 Å². The number of amides is 1. The van der Waals surface area contributed by atoms with Gasteiger partial charge in [-0.2, -0.15) is 5.10 Å². The van der Waals surface area contributed by atoms with Crippen LogP contribution in [0.3, 0.4) is 0 Å². The molecule has 0 saturated heterocycles. The molecule has 1 aromatic heterocycles. The smallest absolute Gasteiger partial charge is 0.270 e. The molecule has 0 saturated carbocycles. The summed E-state index contributed by atoms with van der Waals surface area (Å²) in [5.41, 5.74) is 4.05. The number of hydrogen-bond donors (Lipinski definition) is 1. The van der Waals surface area contributed by atoms with E-state index in [0.717, 1.165) is 61.0 Å². The first-order valence-corrected chi connectivity index (χ1v) is 9.22. The summed E-state index contributed by atoms with van der Waals surface area (Å²) in [6, 6.07) is 6.60. The second-order valence-corrected chi connectivity index (χ2v) is 6.84. The zero-order chi connectivity index (χ0) is 17.8. The number of aryl methyl sites for hydroxylation is 3. The summed E-state index contributed by atoms with van der Waals surface area (Å²) in [5, 5.41) is 7.73. The molecule has 3 rings (SSSR count). The lowest BCUT2D eigenvalue weighted by atomic mass is 9.95. The summed E-state index contributed by atoms with van der Waals surface area (Å²) in [7, 11) is 0. The minimum absolute atomic E-state index is 0.0240. The molecule has 2 aromatic rings. The fourth-order valence-corrected chi connectivity index (χ4v) is 3.49. The number of rotatable bonds is 6. The van der Waals surface area contributed by atoms with Gasteiger partial charge >= 0.3 is 0 Å². The highest BCUT2D eigenvalue weighted by atomic mass is 19.1. The Morgan fingerprint density at radius 2 is 2.00 bits per heavy atom. The van der Waals surface area contributed by atoms with Crippen molar-refractivity contribution in [2.45, 2.75) is 65.0 Å². The SMILES string of the molecule is CCn1nc2c(c1C(=O)NC(C)CCc1ccc(F)cc1)CCCC2. The van der Waals surface area contributed by atoms with Crippen molar-refractivity contribution in [1.82, 2.24) is 15.1 Å². The third kappa shape index (κ3) is 4.09. The van der Waals surface area contributed by atoms with Crippen LogP contribution in [0.5, 0.6) is 0 Å². The molecule has 4 nitrogen and oxygen atoms in total. The van der Waals surface area contributed by atoms with E-state index in [1.54, 1.807) is 12.1 Å². The summed E-state index contributed by atoms with van der Waals surface area (Å²) >= 11 is 0. The maximum atomic E-state index is 13.0. The first-order valence-electron chi connectivity index (χ1n) is 9.22. The average molecular weight is 343 g/mol. The van der Waals surface area contributed by atoms with E-state index in [2.05, 4.69) is 10.4 Å². The normalized spacial score (nSPS) is 14.8. The van der Waals surface area contributed by atoms with Gasteiger partial charge in [0.2, 0.25) is 0 Å². The first-order chi connectivity index (χ1) is 12.1. The Labute approximate surface area is 148 Å². The summed E-state index contributed by atoms with van der Waals surface area (Å²) in [6.45, 7) is 4.74. The van der Waals surface area contributed by atoms with Crippen molar-refractivity contribution in [3.63, 3.8) is 0 Å². The molecule has 1 aromatic carbocycles. The van der Waals surface area contributed by atoms with Gasteiger partial charge in [0.15, 0.2) is 0 Å². The fraction of sp³-hybridized carbons (Fsp3) is 0.500. The van der Waals surface area contributed by atoms with Crippen LogP contribution in [0, 0.1) is 5.82 Å². The molecule has 1 N–H and O–H groups in total. The van der Waals surface area contributed by atoms with Gasteiger partial charge in [0, 0.05) is 18.2 Å². The van der Waals surface area contributed by atoms with Crippen LogP contribution in [0.25, 0.3) is 0 Å². The molecule has 0 aliphatic heterocycles. The van der Waals surface area contributed by atoms with Gasteiger partial charge in [0.1, 0.15) is 11.5 Å². The van der Waals surface area contributed by atoms with Crippen molar-refractivity contribution in [2.75, 3.05) is 0 Å². The van der Waals surface area contributed by atoms with Crippen LogP contribution in [0.2, 0.25) is 0 Å². The van der Waals surface area contributed by atoms with Crippen molar-refractivity contribution >= 4 is 5.91 Å². The summed E-state index contributed by atoms with van der Waals surface area (Å²) in [6.07, 6.45) is 5.84. The average Bonchev–Trinajstić information content (AvgIpc) is 3.00. The van der Waals surface area contributed by atoms with Crippen LogP contribution < -0.4 is 5.32 Å². The Morgan fingerprint density at radius 1 is 1.28 bits per heavy atom. The fourth-order valence-electron chi connectivity index (χ4n) is 3.49. The maximum Gasteiger partial charge on any atom is 0.270 e. The van der Waals surface area contributed by atoms with Crippen LogP contribution in [0.15, 0.2) is 24.3 Å². The number of carbonyl (C=O) groups is 1. The second-order valence-electron chi connectivity index (χ2n) is 6.84. The molecule has 1 atom stereocenters. The van der Waals surface area contributed by atoms with Crippen molar-refractivity contribution in [3.8, 4) is 0 Å². The van der Waals surface area contributed by atoms with Crippen LogP contribution in [0.1, 0.15) is 60.4 Å². The van der Waals surface area contributed by atoms with Crippen molar-refractivity contribution in [2.24, 2.45) is 0 Å². The van der Waals surface area contributed by atoms with E-state index < -0.39 is 0 Å². The molecule has 0 radical (unpaired) electrons. The van der Waals surface area contributed by atoms with Crippen molar-refractivity contribution in [3.05, 3.63) is 52.6 Å². The third-order valence-corrected chi connectivity index (χ3v) is 4.90. The number of carbonyl (C=O) groups excluding carboxylic acids is 1. The van der Waals surface area contributed by atoms with E-state index in [-0.39, 0.29) is 17.8 Å². The van der Waals surface area contributed by atoms with Gasteiger partial charge in [-0.1, -0.05) is 12.1 Å². The minimum atomic E-state index is -0.220. The van der Waals surface area contributed by atoms with Gasteiger partial charge in [-0.15, -0.1) is 0 Å². The minimum Gasteiger partial charge on any atom is -0.348 e. The van der Waals surface area contributed by atoms with Crippen LogP contribution >= 0.6 is 0 Å². The summed E-state index contributed by atoms with van der Waals surface area (Å²) < 4.78 is 14.8. The van der Waals surface area contributed by atoms with E-state index in [0.29, 0.717) is 6.54 Å². The molecule has 5 heteroatoms. The molecule has 1 aliphatic rings. The highest BCUT2D eigenvalue weighted by Crippen LogP contribution is 2.24. The quantitative estimate of drug-likeness (QED) is 0.870. The van der Waals surface area contributed by atoms with Crippen LogP contribution in [-0.4, -0.2) is 21.7 Å². The molecule has 1 unspecified atom stereocenters. The lowest BCUT2D eigenvalue weighted by molar-refractivity contribution is 0.0926. The molecule has 25 heavy (non-hydrogen) atoms. The largest absolute Gasteiger partial charge is 0.348 e. The topological polar surface area (TPSA) is 46.9 Å². The number of fused-ring (bicyclic) bond motifs is 1. The van der Waals surface area contributed by atoms with E-state index in [4.69, 9.17) is 0 Å². The Morgan fingerprint density at radius 3 is 2.72 bits per heavy atom. The number of nitrogens with zero attached hydrogens (tertiary/aromatic N) is 2. The van der Waals surface area contributed by atoms with E-state index in [1.165, 1.54) is 12.1 Å². The Kier molecular flexibility index (Phi) is 5.51. The molecule has 1 amide bonds. The molecular formula is C20H26FN3O. The predicted octanol–water partition coefficient (Wildman–Crippen LogP) is 3.67. The van der Waals surface area contributed by atoms with Gasteiger partial charge < -0.3 is 5.32 Å². The van der Waals surface area contributed by atoms with Crippen molar-refractivity contribution < 1.29 is 9.18 Å². The summed E-state index contributed by atoms with van der Waals surface area (Å²) in [4.78, 5) is 12.8. The Hall–Kier alpha value is -2.17. The molecule has 0 bridgehead atoms. The number of nitrogens with one attached hydrogen (secondary N) is 1. The van der Waals surface area contributed by atoms with Gasteiger partial charge in [-0.05, 0) is 70.1 Å². The van der Waals surface area contributed by atoms with Gasteiger partial charge in [0.05, 0.1) is 5.69 Å². The molecule has 0 fully saturated rings. The molecule has 1 aliphatic carbocycles. The number of hydrogen-bond acceptors (Lipinski definition) is 2. The monoisotopic (exact) mass is 343 g/mol. The number of halogens is 1. The lowest BCUT2D eigenvalue weighted by Gasteiger charge is -2.16. The van der Waals surface area contributed by atoms with E-state index in [1.807, 2.05) is 18.5 Å². The van der Waals surface area contributed by atoms with Crippen LogP contribution in [-0.2, 0) is 25.8 Å². The number of benzene rings is 1. The van der Waals surface area contributed by atoms with Gasteiger partial charge in [-0.3, -0.25) is 9.48 Å². The zero-order valence-corrected chi connectivity index (χ0v) is 15.0. The van der Waals surface area contributed by atoms with Gasteiger partial charge in [-0.25, -0.2) is 4.39 Å². The molecular weight excluding hydrogens is 317 g/mol. The molecule has 1 heterocycles. The van der Waals surface area contributed by atoms with Crippen molar-refractivity contribution in [1.29, 1.82) is 0 Å². The Bertz CT molecular complexity index is 736. The lowest BCUT2D eigenvalue weighted by Crippen LogP contribution is -2.35. The summed E-state index contributed by atoms with van der Waals surface area (Å²) in [5.74, 6) is -0.244. The standard InChI is InChI=1S/C20H26FN3O/c1-3-24-19(17-6-4-5-7-18(17)23-24)20(25)22-14(2)8-9-15-10-12-16(21)13-11-15/h10-14H,3-9H2,1-2H3,(H,22,25). The predicted molar refractivity (Wildman–Crippen MR) is 96.2 cm³/mol. The van der Waals surface area contributed by atoms with Gasteiger partial charge in [0.25, 0.3) is 5.91 Å². The zero-order valence-electron chi connectivity index (χ0n) is 15.0. The highest BCUT2D eigenvalue weighted by Gasteiger charge is 2.25. The Balaban J connectivity index is 1.63. The number of aromatic nitrogens is 2. The highest BCUT2D eigenvalue weighted by molar-refractivity contribution is 5.94. The molecule has 134 valence electrons. The van der Waals surface area contributed by atoms with Crippen LogP contribution in [0.4, 0.5) is 4.39 Å². The van der Waals surface area contributed by atoms with E-state index >= 15 is 0 Å². The maximum absolute atomic E-state index is 13.0. The third-order valence-electron chi connectivity index (χ3n) is 4.90.